The lowest BCUT2D eigenvalue weighted by molar-refractivity contribution is 0.103. The van der Waals surface area contributed by atoms with Crippen molar-refractivity contribution in [3.63, 3.8) is 0 Å². The molecule has 0 unspecified atom stereocenters. The SMILES string of the molecule is COc1cc(C(=O)c2c(-c3nccs3)oc3c(OP(=O)(O)O)c(OC)ccc23)cc(OC)c1OC. The lowest BCUT2D eigenvalue weighted by Crippen LogP contribution is -2.05. The number of thiazole rings is 1. The number of hydrogen-bond donors (Lipinski definition) is 2. The number of phosphoric acid groups is 1. The van der Waals surface area contributed by atoms with Crippen LogP contribution in [-0.2, 0) is 4.57 Å². The monoisotopic (exact) mass is 521 g/mol. The molecule has 0 aliphatic heterocycles. The smallest absolute Gasteiger partial charge is 0.493 e. The highest BCUT2D eigenvalue weighted by Crippen LogP contribution is 2.49. The van der Waals surface area contributed by atoms with Gasteiger partial charge in [-0.1, -0.05) is 0 Å². The van der Waals surface area contributed by atoms with Crippen LogP contribution in [0.15, 0.2) is 40.3 Å². The van der Waals surface area contributed by atoms with Crippen molar-refractivity contribution in [2.75, 3.05) is 28.4 Å². The molecule has 0 fully saturated rings. The number of carbonyl (C=O) groups excluding carboxylic acids is 1. The van der Waals surface area contributed by atoms with E-state index in [9.17, 15) is 19.1 Å². The van der Waals surface area contributed by atoms with Gasteiger partial charge in [0.25, 0.3) is 0 Å². The predicted molar refractivity (Wildman–Crippen MR) is 126 cm³/mol. The third-order valence-corrected chi connectivity index (χ3v) is 6.18. The molecule has 0 saturated heterocycles. The van der Waals surface area contributed by atoms with Crippen molar-refractivity contribution in [1.82, 2.24) is 4.98 Å². The fraction of sp³-hybridized carbons (Fsp3) is 0.182. The second-order valence-electron chi connectivity index (χ2n) is 6.94. The first kappa shape index (κ1) is 24.6. The van der Waals surface area contributed by atoms with E-state index in [0.29, 0.717) is 10.8 Å². The molecule has 0 amide bonds. The van der Waals surface area contributed by atoms with Gasteiger partial charge in [0.05, 0.1) is 34.0 Å². The van der Waals surface area contributed by atoms with E-state index in [2.05, 4.69) is 4.98 Å². The van der Waals surface area contributed by atoms with Crippen LogP contribution in [0.4, 0.5) is 0 Å². The zero-order chi connectivity index (χ0) is 25.3. The number of benzene rings is 2. The third kappa shape index (κ3) is 4.56. The van der Waals surface area contributed by atoms with Crippen molar-refractivity contribution in [1.29, 1.82) is 0 Å². The van der Waals surface area contributed by atoms with E-state index in [1.165, 1.54) is 70.2 Å². The summed E-state index contributed by atoms with van der Waals surface area (Å²) in [5.41, 5.74) is 0.199. The maximum atomic E-state index is 13.9. The summed E-state index contributed by atoms with van der Waals surface area (Å²) in [6, 6.07) is 5.93. The maximum absolute atomic E-state index is 13.9. The van der Waals surface area contributed by atoms with Gasteiger partial charge in [0.15, 0.2) is 39.4 Å². The molecule has 0 atom stereocenters. The Morgan fingerprint density at radius 2 is 1.63 bits per heavy atom. The fourth-order valence-electron chi connectivity index (χ4n) is 3.55. The van der Waals surface area contributed by atoms with Crippen LogP contribution >= 0.6 is 19.2 Å². The molecule has 0 saturated carbocycles. The Balaban J connectivity index is 2.02. The summed E-state index contributed by atoms with van der Waals surface area (Å²) in [6.45, 7) is 0. The van der Waals surface area contributed by atoms with Crippen LogP contribution in [0, 0.1) is 0 Å². The number of carbonyl (C=O) groups is 1. The number of aromatic nitrogens is 1. The number of ether oxygens (including phenoxy) is 4. The van der Waals surface area contributed by atoms with Gasteiger partial charge in [-0.25, -0.2) is 9.55 Å². The van der Waals surface area contributed by atoms with Gasteiger partial charge in [0.1, 0.15) is 0 Å². The molecule has 0 aliphatic rings. The van der Waals surface area contributed by atoms with Crippen molar-refractivity contribution < 1.29 is 47.0 Å². The van der Waals surface area contributed by atoms with Crippen LogP contribution in [0.5, 0.6) is 28.7 Å². The topological polar surface area (TPSA) is 147 Å². The molecule has 2 aromatic carbocycles. The van der Waals surface area contributed by atoms with Gasteiger partial charge in [-0.15, -0.1) is 11.3 Å². The van der Waals surface area contributed by atoms with E-state index in [-0.39, 0.29) is 50.9 Å². The molecule has 2 N–H and O–H groups in total. The number of methoxy groups -OCH3 is 4. The quantitative estimate of drug-likeness (QED) is 0.240. The van der Waals surface area contributed by atoms with Crippen LogP contribution < -0.4 is 23.5 Å². The van der Waals surface area contributed by atoms with E-state index in [1.807, 2.05) is 0 Å². The fourth-order valence-corrected chi connectivity index (χ4v) is 4.59. The number of rotatable bonds is 9. The van der Waals surface area contributed by atoms with Gasteiger partial charge in [-0.05, 0) is 24.3 Å². The van der Waals surface area contributed by atoms with Gasteiger partial charge < -0.3 is 27.9 Å². The number of fused-ring (bicyclic) bond motifs is 1. The van der Waals surface area contributed by atoms with Gasteiger partial charge in [-0.2, -0.15) is 0 Å². The molecule has 2 heterocycles. The molecule has 184 valence electrons. The summed E-state index contributed by atoms with van der Waals surface area (Å²) in [5, 5.41) is 2.31. The van der Waals surface area contributed by atoms with Gasteiger partial charge in [-0.3, -0.25) is 14.6 Å². The van der Waals surface area contributed by atoms with Crippen LogP contribution in [0.1, 0.15) is 15.9 Å². The number of nitrogens with zero attached hydrogens (tertiary/aromatic N) is 1. The highest BCUT2D eigenvalue weighted by molar-refractivity contribution is 7.46. The second-order valence-corrected chi connectivity index (χ2v) is 9.00. The summed E-state index contributed by atoms with van der Waals surface area (Å²) in [5.74, 6) is 0.119. The Labute approximate surface area is 203 Å². The summed E-state index contributed by atoms with van der Waals surface area (Å²) in [4.78, 5) is 37.0. The first-order chi connectivity index (χ1) is 16.7. The predicted octanol–water partition coefficient (Wildman–Crippen LogP) is 4.29. The Kier molecular flexibility index (Phi) is 6.73. The highest BCUT2D eigenvalue weighted by Gasteiger charge is 2.31. The molecule has 4 rings (SSSR count). The van der Waals surface area contributed by atoms with Gasteiger partial charge in [0, 0.05) is 22.5 Å². The maximum Gasteiger partial charge on any atom is 0.525 e. The van der Waals surface area contributed by atoms with E-state index in [1.54, 1.807) is 5.38 Å². The van der Waals surface area contributed by atoms with Crippen molar-refractivity contribution >= 4 is 35.9 Å². The number of hydrogen-bond acceptors (Lipinski definition) is 10. The van der Waals surface area contributed by atoms with E-state index in [4.69, 9.17) is 27.9 Å². The van der Waals surface area contributed by atoms with E-state index in [0.717, 1.165) is 0 Å². The molecule has 2 aromatic heterocycles. The lowest BCUT2D eigenvalue weighted by atomic mass is 9.99. The molecule has 0 radical (unpaired) electrons. The molecule has 13 heteroatoms. The summed E-state index contributed by atoms with van der Waals surface area (Å²) < 4.78 is 43.7. The molecule has 11 nitrogen and oxygen atoms in total. The van der Waals surface area contributed by atoms with Gasteiger partial charge >= 0.3 is 7.82 Å². The summed E-state index contributed by atoms with van der Waals surface area (Å²) in [7, 11) is 0.614. The minimum Gasteiger partial charge on any atom is -0.493 e. The molecular formula is C22H20NO10PS. The van der Waals surface area contributed by atoms with Gasteiger partial charge in [0.2, 0.25) is 11.5 Å². The average molecular weight is 521 g/mol. The van der Waals surface area contributed by atoms with Crippen molar-refractivity contribution in [2.45, 2.75) is 0 Å². The number of furan rings is 1. The Bertz CT molecular complexity index is 1420. The Morgan fingerprint density at radius 3 is 2.14 bits per heavy atom. The van der Waals surface area contributed by atoms with Crippen LogP contribution in [0.25, 0.3) is 21.7 Å². The largest absolute Gasteiger partial charge is 0.525 e. The Morgan fingerprint density at radius 1 is 0.971 bits per heavy atom. The van der Waals surface area contributed by atoms with Crippen LogP contribution in [0.2, 0.25) is 0 Å². The summed E-state index contributed by atoms with van der Waals surface area (Å²) >= 11 is 1.22. The van der Waals surface area contributed by atoms with Crippen molar-refractivity contribution in [2.24, 2.45) is 0 Å². The van der Waals surface area contributed by atoms with Crippen LogP contribution in [-0.4, -0.2) is 49.0 Å². The first-order valence-corrected chi connectivity index (χ1v) is 12.3. The van der Waals surface area contributed by atoms with Crippen LogP contribution in [0.3, 0.4) is 0 Å². The molecule has 0 bridgehead atoms. The van der Waals surface area contributed by atoms with Crippen molar-refractivity contribution in [3.8, 4) is 39.5 Å². The molecule has 0 aliphatic carbocycles. The molecule has 35 heavy (non-hydrogen) atoms. The summed E-state index contributed by atoms with van der Waals surface area (Å²) in [6.07, 6.45) is 1.54. The zero-order valence-corrected chi connectivity index (χ0v) is 20.6. The molecule has 4 aromatic rings. The lowest BCUT2D eigenvalue weighted by Gasteiger charge is -2.14. The van der Waals surface area contributed by atoms with E-state index >= 15 is 0 Å². The molecule has 0 spiro atoms. The average Bonchev–Trinajstić information content (AvgIpc) is 3.50. The van der Waals surface area contributed by atoms with E-state index < -0.39 is 13.6 Å². The number of ketones is 1. The first-order valence-electron chi connectivity index (χ1n) is 9.85. The standard InChI is InChI=1S/C22H20NO10PS/c1-28-13-6-5-12-16(17(24)11-9-14(29-2)19(31-4)15(10-11)30-3)21(22-23-7-8-35-22)32-18(12)20(13)33-34(25,26)27/h5-10H,1-4H3,(H2,25,26,27). The highest BCUT2D eigenvalue weighted by atomic mass is 32.1. The second kappa shape index (κ2) is 9.59. The number of phosphoric ester groups is 1. The van der Waals surface area contributed by atoms with Crippen molar-refractivity contribution in [3.05, 3.63) is 47.0 Å². The minimum absolute atomic E-state index is 0.00653. The zero-order valence-electron chi connectivity index (χ0n) is 18.9. The minimum atomic E-state index is -5.00. The third-order valence-electron chi connectivity index (χ3n) is 4.99. The normalized spacial score (nSPS) is 11.4. The molecular weight excluding hydrogens is 501 g/mol. The Hall–Kier alpha value is -3.57.